The van der Waals surface area contributed by atoms with E-state index in [1.54, 1.807) is 6.92 Å². The maximum absolute atomic E-state index is 11.3. The number of methoxy groups -OCH3 is 1. The maximum Gasteiger partial charge on any atom is 0.308 e. The minimum atomic E-state index is -0.621. The SMILES string of the molecule is COC(=O)C(C)CC(O)c1ccc(C)cc1C. The molecule has 0 aliphatic rings. The zero-order valence-electron chi connectivity index (χ0n) is 10.9. The van der Waals surface area contributed by atoms with E-state index in [-0.39, 0.29) is 11.9 Å². The number of rotatable bonds is 4. The first-order valence-corrected chi connectivity index (χ1v) is 5.78. The lowest BCUT2D eigenvalue weighted by atomic mass is 9.94. The summed E-state index contributed by atoms with van der Waals surface area (Å²) in [4.78, 5) is 11.3. The zero-order chi connectivity index (χ0) is 13.0. The molecule has 1 rings (SSSR count). The fourth-order valence-corrected chi connectivity index (χ4v) is 1.96. The number of carbonyl (C=O) groups is 1. The Morgan fingerprint density at radius 1 is 1.41 bits per heavy atom. The van der Waals surface area contributed by atoms with Gasteiger partial charge in [0.1, 0.15) is 0 Å². The Balaban J connectivity index is 2.76. The molecule has 0 saturated heterocycles. The van der Waals surface area contributed by atoms with Crippen LogP contribution in [0.5, 0.6) is 0 Å². The summed E-state index contributed by atoms with van der Waals surface area (Å²) in [6, 6.07) is 5.91. The average Bonchev–Trinajstić information content (AvgIpc) is 2.27. The van der Waals surface area contributed by atoms with Crippen molar-refractivity contribution in [1.29, 1.82) is 0 Å². The van der Waals surface area contributed by atoms with Crippen molar-refractivity contribution >= 4 is 5.97 Å². The van der Waals surface area contributed by atoms with Gasteiger partial charge in [-0.05, 0) is 31.4 Å². The summed E-state index contributed by atoms with van der Waals surface area (Å²) in [6.07, 6.45) is -0.235. The molecule has 0 aliphatic heterocycles. The molecule has 1 N–H and O–H groups in total. The molecule has 0 fully saturated rings. The fourth-order valence-electron chi connectivity index (χ4n) is 1.96. The third-order valence-electron chi connectivity index (χ3n) is 2.96. The summed E-state index contributed by atoms with van der Waals surface area (Å²) in [5.41, 5.74) is 3.10. The molecule has 94 valence electrons. The van der Waals surface area contributed by atoms with Gasteiger partial charge in [-0.15, -0.1) is 0 Å². The van der Waals surface area contributed by atoms with Gasteiger partial charge in [-0.1, -0.05) is 30.7 Å². The van der Waals surface area contributed by atoms with Gasteiger partial charge in [-0.25, -0.2) is 0 Å². The fraction of sp³-hybridized carbons (Fsp3) is 0.500. The second kappa shape index (κ2) is 5.82. The Morgan fingerprint density at radius 2 is 2.06 bits per heavy atom. The van der Waals surface area contributed by atoms with E-state index in [4.69, 9.17) is 0 Å². The Labute approximate surface area is 102 Å². The molecule has 1 aromatic rings. The van der Waals surface area contributed by atoms with Crippen molar-refractivity contribution < 1.29 is 14.6 Å². The predicted octanol–water partition coefficient (Wildman–Crippen LogP) is 2.54. The molecule has 0 aliphatic carbocycles. The van der Waals surface area contributed by atoms with Crippen molar-refractivity contribution in [2.24, 2.45) is 5.92 Å². The lowest BCUT2D eigenvalue weighted by Gasteiger charge is -2.17. The van der Waals surface area contributed by atoms with Crippen LogP contribution in [0.2, 0.25) is 0 Å². The molecule has 2 unspecified atom stereocenters. The van der Waals surface area contributed by atoms with Gasteiger partial charge < -0.3 is 9.84 Å². The molecule has 0 spiro atoms. The second-order valence-corrected chi connectivity index (χ2v) is 4.54. The molecule has 0 radical (unpaired) electrons. The molecule has 0 amide bonds. The Hall–Kier alpha value is -1.35. The van der Waals surface area contributed by atoms with Crippen molar-refractivity contribution in [3.8, 4) is 0 Å². The van der Waals surface area contributed by atoms with Crippen molar-refractivity contribution in [1.82, 2.24) is 0 Å². The summed E-state index contributed by atoms with van der Waals surface area (Å²) in [7, 11) is 1.36. The summed E-state index contributed by atoms with van der Waals surface area (Å²) < 4.78 is 4.65. The van der Waals surface area contributed by atoms with Gasteiger partial charge >= 0.3 is 5.97 Å². The highest BCUT2D eigenvalue weighted by molar-refractivity contribution is 5.71. The van der Waals surface area contributed by atoms with E-state index in [1.807, 2.05) is 32.0 Å². The van der Waals surface area contributed by atoms with E-state index in [0.29, 0.717) is 6.42 Å². The summed E-state index contributed by atoms with van der Waals surface area (Å²) in [5.74, 6) is -0.579. The molecule has 0 saturated carbocycles. The highest BCUT2D eigenvalue weighted by Gasteiger charge is 2.19. The van der Waals surface area contributed by atoms with Crippen molar-refractivity contribution in [2.75, 3.05) is 7.11 Å². The van der Waals surface area contributed by atoms with E-state index >= 15 is 0 Å². The number of aliphatic hydroxyl groups excluding tert-OH is 1. The van der Waals surface area contributed by atoms with E-state index in [1.165, 1.54) is 12.7 Å². The normalized spacial score (nSPS) is 14.2. The lowest BCUT2D eigenvalue weighted by Crippen LogP contribution is -2.16. The van der Waals surface area contributed by atoms with Crippen LogP contribution in [0.25, 0.3) is 0 Å². The molecule has 0 heterocycles. The first-order chi connectivity index (χ1) is 7.95. The first kappa shape index (κ1) is 13.7. The van der Waals surface area contributed by atoms with Crippen molar-refractivity contribution in [2.45, 2.75) is 33.3 Å². The number of hydrogen-bond donors (Lipinski definition) is 1. The number of aryl methyl sites for hydroxylation is 2. The van der Waals surface area contributed by atoms with Gasteiger partial charge in [0.2, 0.25) is 0 Å². The summed E-state index contributed by atoms with van der Waals surface area (Å²) in [6.45, 7) is 5.74. The van der Waals surface area contributed by atoms with Gasteiger partial charge in [0.05, 0.1) is 19.1 Å². The Morgan fingerprint density at radius 3 is 2.59 bits per heavy atom. The minimum Gasteiger partial charge on any atom is -0.469 e. The van der Waals surface area contributed by atoms with Crippen LogP contribution in [0.15, 0.2) is 18.2 Å². The molecule has 3 nitrogen and oxygen atoms in total. The molecule has 2 atom stereocenters. The second-order valence-electron chi connectivity index (χ2n) is 4.54. The molecular weight excluding hydrogens is 216 g/mol. The number of hydrogen-bond acceptors (Lipinski definition) is 3. The van der Waals surface area contributed by atoms with Gasteiger partial charge in [0.25, 0.3) is 0 Å². The van der Waals surface area contributed by atoms with Crippen molar-refractivity contribution in [3.05, 3.63) is 34.9 Å². The predicted molar refractivity (Wildman–Crippen MR) is 66.7 cm³/mol. The van der Waals surface area contributed by atoms with Crippen LogP contribution in [0.4, 0.5) is 0 Å². The Kier molecular flexibility index (Phi) is 4.70. The molecule has 0 aromatic heterocycles. The average molecular weight is 236 g/mol. The number of carbonyl (C=O) groups excluding carboxylic acids is 1. The van der Waals surface area contributed by atoms with Gasteiger partial charge in [0, 0.05) is 0 Å². The molecule has 0 bridgehead atoms. The zero-order valence-corrected chi connectivity index (χ0v) is 10.9. The highest BCUT2D eigenvalue weighted by Crippen LogP contribution is 2.25. The quantitative estimate of drug-likeness (QED) is 0.817. The Bertz CT molecular complexity index is 398. The van der Waals surface area contributed by atoms with Crippen LogP contribution in [-0.4, -0.2) is 18.2 Å². The summed E-state index contributed by atoms with van der Waals surface area (Å²) in [5, 5.41) is 10.1. The number of esters is 1. The topological polar surface area (TPSA) is 46.5 Å². The van der Waals surface area contributed by atoms with Crippen LogP contribution in [0, 0.1) is 19.8 Å². The van der Waals surface area contributed by atoms with E-state index in [9.17, 15) is 9.90 Å². The van der Waals surface area contributed by atoms with Gasteiger partial charge in [-0.3, -0.25) is 4.79 Å². The van der Waals surface area contributed by atoms with Crippen LogP contribution in [0.1, 0.15) is 36.1 Å². The number of aliphatic hydroxyl groups is 1. The van der Waals surface area contributed by atoms with Crippen LogP contribution >= 0.6 is 0 Å². The minimum absolute atomic E-state index is 0.284. The van der Waals surface area contributed by atoms with Crippen LogP contribution in [0.3, 0.4) is 0 Å². The van der Waals surface area contributed by atoms with Crippen molar-refractivity contribution in [3.63, 3.8) is 0 Å². The van der Waals surface area contributed by atoms with Gasteiger partial charge in [0.15, 0.2) is 0 Å². The van der Waals surface area contributed by atoms with Crippen LogP contribution < -0.4 is 0 Å². The van der Waals surface area contributed by atoms with E-state index < -0.39 is 6.10 Å². The molecule has 3 heteroatoms. The third kappa shape index (κ3) is 3.56. The molecular formula is C14H20O3. The molecule has 1 aromatic carbocycles. The standard InChI is InChI=1S/C14H20O3/c1-9-5-6-12(10(2)7-9)13(15)8-11(3)14(16)17-4/h5-7,11,13,15H,8H2,1-4H3. The third-order valence-corrected chi connectivity index (χ3v) is 2.96. The summed E-state index contributed by atoms with van der Waals surface area (Å²) >= 11 is 0. The smallest absolute Gasteiger partial charge is 0.308 e. The highest BCUT2D eigenvalue weighted by atomic mass is 16.5. The number of benzene rings is 1. The van der Waals surface area contributed by atoms with Gasteiger partial charge in [-0.2, -0.15) is 0 Å². The largest absolute Gasteiger partial charge is 0.469 e. The van der Waals surface area contributed by atoms with E-state index in [2.05, 4.69) is 4.74 Å². The monoisotopic (exact) mass is 236 g/mol. The van der Waals surface area contributed by atoms with E-state index in [0.717, 1.165) is 11.1 Å². The molecule has 17 heavy (non-hydrogen) atoms. The number of ether oxygens (including phenoxy) is 1. The first-order valence-electron chi connectivity index (χ1n) is 5.78. The van der Waals surface area contributed by atoms with Crippen LogP contribution in [-0.2, 0) is 9.53 Å². The maximum atomic E-state index is 11.3. The lowest BCUT2D eigenvalue weighted by molar-refractivity contribution is -0.145.